The number of aryl methyl sites for hydroxylation is 3. The second kappa shape index (κ2) is 10.4. The van der Waals surface area contributed by atoms with E-state index in [-0.39, 0.29) is 18.8 Å². The van der Waals surface area contributed by atoms with Gasteiger partial charge in [0, 0.05) is 66.3 Å². The van der Waals surface area contributed by atoms with Crippen LogP contribution >= 0.6 is 0 Å². The van der Waals surface area contributed by atoms with E-state index in [0.717, 1.165) is 47.7 Å². The van der Waals surface area contributed by atoms with Crippen LogP contribution in [0.5, 0.6) is 0 Å². The second-order valence-corrected chi connectivity index (χ2v) is 10.7. The number of hydrogen-bond donors (Lipinski definition) is 3. The maximum atomic E-state index is 13.0. The average Bonchev–Trinajstić information content (AvgIpc) is 3.49. The summed E-state index contributed by atoms with van der Waals surface area (Å²) in [6, 6.07) is 12.2. The Bertz CT molecular complexity index is 1580. The SMILES string of the molecule is Cc1cc(Nc2cc(-c3cccc(N4CCn5c(cc6c5CCCC6)C4)c3CO)cn(C)c2=O)nn1CCO. The molecule has 0 saturated carbocycles. The molecule has 3 aromatic heterocycles. The van der Waals surface area contributed by atoms with Crippen LogP contribution in [-0.2, 0) is 46.1 Å². The molecule has 0 unspecified atom stereocenters. The van der Waals surface area contributed by atoms with E-state index in [2.05, 4.69) is 32.0 Å². The van der Waals surface area contributed by atoms with E-state index < -0.39 is 0 Å². The van der Waals surface area contributed by atoms with Crippen molar-refractivity contribution in [1.29, 1.82) is 0 Å². The molecule has 2 aliphatic rings. The average molecular weight is 529 g/mol. The van der Waals surface area contributed by atoms with Crippen LogP contribution in [-0.4, -0.2) is 42.3 Å². The molecule has 0 amide bonds. The maximum Gasteiger partial charge on any atom is 0.274 e. The molecule has 0 fully saturated rings. The third kappa shape index (κ3) is 4.66. The zero-order valence-electron chi connectivity index (χ0n) is 22.7. The molecule has 0 atom stereocenters. The number of hydrogen-bond acceptors (Lipinski definition) is 6. The van der Waals surface area contributed by atoms with Crippen molar-refractivity contribution in [2.45, 2.75) is 58.8 Å². The first kappa shape index (κ1) is 25.5. The molecule has 39 heavy (non-hydrogen) atoms. The van der Waals surface area contributed by atoms with Crippen molar-refractivity contribution in [2.75, 3.05) is 23.4 Å². The Labute approximate surface area is 227 Å². The highest BCUT2D eigenvalue weighted by molar-refractivity contribution is 5.76. The Kier molecular flexibility index (Phi) is 6.78. The van der Waals surface area contributed by atoms with Crippen LogP contribution in [0.15, 0.2) is 47.4 Å². The van der Waals surface area contributed by atoms with Crippen LogP contribution in [0.2, 0.25) is 0 Å². The van der Waals surface area contributed by atoms with Gasteiger partial charge in [0.25, 0.3) is 5.56 Å². The van der Waals surface area contributed by atoms with Crippen molar-refractivity contribution in [3.05, 3.63) is 81.2 Å². The van der Waals surface area contributed by atoms with E-state index in [1.807, 2.05) is 37.4 Å². The highest BCUT2D eigenvalue weighted by atomic mass is 16.3. The molecular weight excluding hydrogens is 492 g/mol. The van der Waals surface area contributed by atoms with E-state index in [9.17, 15) is 15.0 Å². The Balaban J connectivity index is 1.34. The molecule has 6 rings (SSSR count). The van der Waals surface area contributed by atoms with Gasteiger partial charge in [0.1, 0.15) is 5.69 Å². The summed E-state index contributed by atoms with van der Waals surface area (Å²) in [7, 11) is 1.73. The number of benzene rings is 1. The highest BCUT2D eigenvalue weighted by Crippen LogP contribution is 2.35. The van der Waals surface area contributed by atoms with Gasteiger partial charge in [-0.05, 0) is 61.9 Å². The van der Waals surface area contributed by atoms with Crippen molar-refractivity contribution < 1.29 is 10.2 Å². The second-order valence-electron chi connectivity index (χ2n) is 10.7. The van der Waals surface area contributed by atoms with Crippen LogP contribution in [0, 0.1) is 6.92 Å². The number of rotatable bonds is 7. The largest absolute Gasteiger partial charge is 0.394 e. The summed E-state index contributed by atoms with van der Waals surface area (Å²) in [6.45, 7) is 4.85. The smallest absolute Gasteiger partial charge is 0.274 e. The van der Waals surface area contributed by atoms with E-state index in [4.69, 9.17) is 0 Å². The first-order chi connectivity index (χ1) is 19.0. The number of nitrogens with zero attached hydrogens (tertiary/aromatic N) is 5. The topological polar surface area (TPSA) is 100 Å². The number of anilines is 3. The molecule has 1 aliphatic carbocycles. The summed E-state index contributed by atoms with van der Waals surface area (Å²) in [6.07, 6.45) is 6.72. The van der Waals surface area contributed by atoms with Gasteiger partial charge in [0.15, 0.2) is 5.82 Å². The fourth-order valence-electron chi connectivity index (χ4n) is 6.23. The molecule has 0 radical (unpaired) electrons. The molecule has 0 spiro atoms. The lowest BCUT2D eigenvalue weighted by atomic mass is 9.98. The number of aliphatic hydroxyl groups is 2. The predicted octanol–water partition coefficient (Wildman–Crippen LogP) is 3.49. The first-order valence-corrected chi connectivity index (χ1v) is 13.8. The van der Waals surface area contributed by atoms with Crippen LogP contribution < -0.4 is 15.8 Å². The Morgan fingerprint density at radius 3 is 2.74 bits per heavy atom. The van der Waals surface area contributed by atoms with Gasteiger partial charge in [-0.25, -0.2) is 0 Å². The number of fused-ring (bicyclic) bond motifs is 3. The molecule has 3 N–H and O–H groups in total. The number of nitrogens with one attached hydrogen (secondary N) is 1. The quantitative estimate of drug-likeness (QED) is 0.340. The number of aromatic nitrogens is 4. The summed E-state index contributed by atoms with van der Waals surface area (Å²) in [5.74, 6) is 0.547. The highest BCUT2D eigenvalue weighted by Gasteiger charge is 2.25. The molecule has 4 aromatic rings. The van der Waals surface area contributed by atoms with Crippen LogP contribution in [0.1, 0.15) is 41.1 Å². The third-order valence-electron chi connectivity index (χ3n) is 8.14. The van der Waals surface area contributed by atoms with Crippen LogP contribution in [0.4, 0.5) is 17.2 Å². The molecule has 9 heteroatoms. The van der Waals surface area contributed by atoms with Gasteiger partial charge in [0.2, 0.25) is 0 Å². The van der Waals surface area contributed by atoms with E-state index >= 15 is 0 Å². The lowest BCUT2D eigenvalue weighted by Gasteiger charge is -2.33. The minimum Gasteiger partial charge on any atom is -0.394 e. The molecule has 1 aromatic carbocycles. The normalized spacial score (nSPS) is 14.8. The van der Waals surface area contributed by atoms with Crippen molar-refractivity contribution in [3.8, 4) is 11.1 Å². The third-order valence-corrected chi connectivity index (χ3v) is 8.14. The Morgan fingerprint density at radius 2 is 1.92 bits per heavy atom. The summed E-state index contributed by atoms with van der Waals surface area (Å²) in [5, 5.41) is 27.5. The summed E-state index contributed by atoms with van der Waals surface area (Å²) >= 11 is 0. The monoisotopic (exact) mass is 528 g/mol. The fraction of sp³-hybridized carbons (Fsp3) is 0.400. The maximum absolute atomic E-state index is 13.0. The van der Waals surface area contributed by atoms with Crippen molar-refractivity contribution in [3.63, 3.8) is 0 Å². The Hall–Kier alpha value is -3.82. The molecule has 4 heterocycles. The summed E-state index contributed by atoms with van der Waals surface area (Å²) in [5.41, 5.74) is 9.13. The van der Waals surface area contributed by atoms with Gasteiger partial charge >= 0.3 is 0 Å². The standard InChI is InChI=1S/C30H36N6O3/c1-20-14-29(32-36(20)12-13-37)31-26-16-22(17-33(2)30(26)39)24-7-5-9-28(25(24)19-38)34-10-11-35-23(18-34)15-21-6-3-4-8-27(21)35/h5,7,9,14-17,37-38H,3-4,6,8,10-13,18-19H2,1-2H3,(H,31,32). The van der Waals surface area contributed by atoms with Gasteiger partial charge in [-0.1, -0.05) is 12.1 Å². The van der Waals surface area contributed by atoms with E-state index in [0.29, 0.717) is 18.1 Å². The number of aliphatic hydroxyl groups excluding tert-OH is 2. The zero-order valence-corrected chi connectivity index (χ0v) is 22.7. The lowest BCUT2D eigenvalue weighted by molar-refractivity contribution is 0.268. The molecule has 0 saturated heterocycles. The molecule has 1 aliphatic heterocycles. The van der Waals surface area contributed by atoms with Gasteiger partial charge in [-0.3, -0.25) is 9.48 Å². The van der Waals surface area contributed by atoms with Gasteiger partial charge in [0.05, 0.1) is 26.3 Å². The lowest BCUT2D eigenvalue weighted by Crippen LogP contribution is -2.34. The van der Waals surface area contributed by atoms with Crippen molar-refractivity contribution in [2.24, 2.45) is 7.05 Å². The molecular formula is C30H36N6O3. The van der Waals surface area contributed by atoms with Crippen molar-refractivity contribution in [1.82, 2.24) is 18.9 Å². The number of pyridine rings is 1. The van der Waals surface area contributed by atoms with Gasteiger partial charge in [-0.15, -0.1) is 0 Å². The van der Waals surface area contributed by atoms with Crippen LogP contribution in [0.25, 0.3) is 11.1 Å². The first-order valence-electron chi connectivity index (χ1n) is 13.8. The molecule has 0 bridgehead atoms. The van der Waals surface area contributed by atoms with Crippen LogP contribution in [0.3, 0.4) is 0 Å². The fourth-order valence-corrected chi connectivity index (χ4v) is 6.23. The van der Waals surface area contributed by atoms with Gasteiger partial charge < -0.3 is 29.6 Å². The van der Waals surface area contributed by atoms with E-state index in [1.54, 1.807) is 16.3 Å². The zero-order chi connectivity index (χ0) is 27.1. The predicted molar refractivity (Wildman–Crippen MR) is 152 cm³/mol. The molecule has 9 nitrogen and oxygen atoms in total. The summed E-state index contributed by atoms with van der Waals surface area (Å²) < 4.78 is 5.78. The van der Waals surface area contributed by atoms with E-state index in [1.165, 1.54) is 42.6 Å². The summed E-state index contributed by atoms with van der Waals surface area (Å²) in [4.78, 5) is 15.4. The van der Waals surface area contributed by atoms with Gasteiger partial charge in [-0.2, -0.15) is 5.10 Å². The molecule has 204 valence electrons. The minimum atomic E-state index is -0.171. The Morgan fingerprint density at radius 1 is 1.08 bits per heavy atom. The van der Waals surface area contributed by atoms with Crippen molar-refractivity contribution >= 4 is 17.2 Å². The minimum absolute atomic E-state index is 0.00927.